The maximum atomic E-state index is 6.63. The second-order valence-corrected chi connectivity index (χ2v) is 17.0. The minimum absolute atomic E-state index is 0.463. The third-order valence-corrected chi connectivity index (χ3v) is 12.3. The van der Waals surface area contributed by atoms with Crippen LogP contribution in [0.25, 0.3) is 11.1 Å². The average Bonchev–Trinajstić information content (AvgIpc) is 3.63. The van der Waals surface area contributed by atoms with Gasteiger partial charge in [-0.3, -0.25) is 0 Å². The molecule has 2 fully saturated rings. The van der Waals surface area contributed by atoms with Gasteiger partial charge in [-0.2, -0.15) is 0 Å². The molecule has 4 aromatic carbocycles. The van der Waals surface area contributed by atoms with E-state index in [-0.39, 0.29) is 0 Å². The largest absolute Gasteiger partial charge is 0.494 e. The van der Waals surface area contributed by atoms with Crippen LogP contribution in [0, 0.1) is 0 Å². The predicted octanol–water partition coefficient (Wildman–Crippen LogP) is 9.01. The summed E-state index contributed by atoms with van der Waals surface area (Å²) in [6.45, 7) is 22.6. The smallest absolute Gasteiger partial charge is 0.494 e. The number of fused-ring (bicyclic) bond motifs is 3. The molecular weight excluding hydrogens is 658 g/mol. The molecule has 0 unspecified atom stereocenters. The maximum absolute atomic E-state index is 6.63. The van der Waals surface area contributed by atoms with Gasteiger partial charge in [0.05, 0.1) is 41.0 Å². The minimum Gasteiger partial charge on any atom is -0.494 e. The Hall–Kier alpha value is -3.55. The van der Waals surface area contributed by atoms with Gasteiger partial charge in [-0.05, 0) is 137 Å². The standard InChI is InChI=1S/C45H56B2O6/c1-11-13-27-48-35-21-15-31(16-22-35)45(32-17-23-36(24-18-32)49-28-14-12-2)39-29-33(46-50-41(3,4)42(5,6)51-46)19-25-37(39)38-26-20-34(30-40(38)45)47-52-43(7,8)44(9,10)53-47/h15-26,29-30H,11-14,27-28H2,1-10H3. The molecule has 8 heteroatoms. The molecule has 0 amide bonds. The van der Waals surface area contributed by atoms with Gasteiger partial charge in [-0.25, -0.2) is 0 Å². The molecule has 2 heterocycles. The monoisotopic (exact) mass is 714 g/mol. The molecule has 2 saturated heterocycles. The molecule has 278 valence electrons. The highest BCUT2D eigenvalue weighted by Gasteiger charge is 2.55. The normalized spacial score (nSPS) is 20.0. The van der Waals surface area contributed by atoms with Gasteiger partial charge in [0.25, 0.3) is 0 Å². The Labute approximate surface area is 318 Å². The number of hydrogen-bond acceptors (Lipinski definition) is 6. The molecule has 3 aliphatic rings. The quantitative estimate of drug-likeness (QED) is 0.0951. The third-order valence-electron chi connectivity index (χ3n) is 12.3. The van der Waals surface area contributed by atoms with Crippen molar-refractivity contribution in [2.45, 2.75) is 123 Å². The highest BCUT2D eigenvalue weighted by Crippen LogP contribution is 2.56. The highest BCUT2D eigenvalue weighted by molar-refractivity contribution is 6.62. The van der Waals surface area contributed by atoms with Crippen molar-refractivity contribution in [2.24, 2.45) is 0 Å². The van der Waals surface area contributed by atoms with Crippen molar-refractivity contribution in [1.29, 1.82) is 0 Å². The fourth-order valence-corrected chi connectivity index (χ4v) is 7.67. The summed E-state index contributed by atoms with van der Waals surface area (Å²) in [6.07, 6.45) is 4.21. The summed E-state index contributed by atoms with van der Waals surface area (Å²) in [6, 6.07) is 30.8. The molecule has 1 aliphatic carbocycles. The molecule has 2 aliphatic heterocycles. The molecule has 6 nitrogen and oxygen atoms in total. The number of ether oxygens (including phenoxy) is 2. The summed E-state index contributed by atoms with van der Waals surface area (Å²) in [5.74, 6) is 1.74. The fourth-order valence-electron chi connectivity index (χ4n) is 7.67. The first-order valence-electron chi connectivity index (χ1n) is 19.6. The first-order valence-corrected chi connectivity index (χ1v) is 19.6. The fraction of sp³-hybridized carbons (Fsp3) is 0.467. The van der Waals surface area contributed by atoms with Crippen LogP contribution in [0.5, 0.6) is 11.5 Å². The molecule has 53 heavy (non-hydrogen) atoms. The molecule has 0 saturated carbocycles. The topological polar surface area (TPSA) is 55.4 Å². The molecule has 0 radical (unpaired) electrons. The van der Waals surface area contributed by atoms with Gasteiger partial charge in [0.1, 0.15) is 11.5 Å². The van der Waals surface area contributed by atoms with Crippen LogP contribution in [0.15, 0.2) is 84.9 Å². The lowest BCUT2D eigenvalue weighted by atomic mass is 9.65. The second kappa shape index (κ2) is 13.9. The summed E-state index contributed by atoms with van der Waals surface area (Å²) in [5, 5.41) is 0. The Balaban J connectivity index is 1.44. The molecular formula is C45H56B2O6. The Bertz CT molecular complexity index is 1760. The van der Waals surface area contributed by atoms with E-state index >= 15 is 0 Å². The Morgan fingerprint density at radius 3 is 1.13 bits per heavy atom. The number of rotatable bonds is 12. The van der Waals surface area contributed by atoms with Gasteiger partial charge >= 0.3 is 14.2 Å². The summed E-state index contributed by atoms with van der Waals surface area (Å²) in [4.78, 5) is 0. The van der Waals surface area contributed by atoms with Crippen LogP contribution in [-0.2, 0) is 24.0 Å². The lowest BCUT2D eigenvalue weighted by molar-refractivity contribution is 0.00578. The van der Waals surface area contributed by atoms with E-state index in [1.165, 1.54) is 22.3 Å². The number of unbranched alkanes of at least 4 members (excludes halogenated alkanes) is 2. The van der Waals surface area contributed by atoms with Gasteiger partial charge in [-0.1, -0.05) is 87.4 Å². The summed E-state index contributed by atoms with van der Waals surface area (Å²) < 4.78 is 38.9. The van der Waals surface area contributed by atoms with Crippen molar-refractivity contribution in [1.82, 2.24) is 0 Å². The van der Waals surface area contributed by atoms with Gasteiger partial charge in [-0.15, -0.1) is 0 Å². The lowest BCUT2D eigenvalue weighted by Gasteiger charge is -2.34. The van der Waals surface area contributed by atoms with Gasteiger partial charge in [0.2, 0.25) is 0 Å². The Morgan fingerprint density at radius 2 is 0.811 bits per heavy atom. The van der Waals surface area contributed by atoms with Crippen molar-refractivity contribution < 1.29 is 28.1 Å². The highest BCUT2D eigenvalue weighted by atomic mass is 16.7. The van der Waals surface area contributed by atoms with Crippen LogP contribution >= 0.6 is 0 Å². The average molecular weight is 715 g/mol. The molecule has 4 aromatic rings. The summed E-state index contributed by atoms with van der Waals surface area (Å²) in [5.41, 5.74) is 6.39. The van der Waals surface area contributed by atoms with Crippen molar-refractivity contribution in [3.63, 3.8) is 0 Å². The molecule has 0 spiro atoms. The van der Waals surface area contributed by atoms with Gasteiger partial charge in [0, 0.05) is 0 Å². The van der Waals surface area contributed by atoms with Crippen molar-refractivity contribution in [3.05, 3.63) is 107 Å². The van der Waals surface area contributed by atoms with Gasteiger partial charge < -0.3 is 28.1 Å². The Morgan fingerprint density at radius 1 is 0.472 bits per heavy atom. The predicted molar refractivity (Wildman–Crippen MR) is 216 cm³/mol. The van der Waals surface area contributed by atoms with Crippen LogP contribution in [-0.4, -0.2) is 49.9 Å². The van der Waals surface area contributed by atoms with E-state index in [2.05, 4.69) is 154 Å². The minimum atomic E-state index is -0.701. The van der Waals surface area contributed by atoms with E-state index in [1.54, 1.807) is 0 Å². The molecule has 0 N–H and O–H groups in total. The van der Waals surface area contributed by atoms with Crippen LogP contribution in [0.2, 0.25) is 0 Å². The maximum Gasteiger partial charge on any atom is 0.494 e. The van der Waals surface area contributed by atoms with E-state index in [9.17, 15) is 0 Å². The molecule has 7 rings (SSSR count). The summed E-state index contributed by atoms with van der Waals surface area (Å²) in [7, 11) is -1.01. The zero-order valence-corrected chi connectivity index (χ0v) is 33.4. The molecule has 0 bridgehead atoms. The van der Waals surface area contributed by atoms with Crippen LogP contribution in [0.1, 0.15) is 117 Å². The lowest BCUT2D eigenvalue weighted by Crippen LogP contribution is -2.41. The van der Waals surface area contributed by atoms with E-state index in [0.717, 1.165) is 59.2 Å². The zero-order chi connectivity index (χ0) is 37.8. The van der Waals surface area contributed by atoms with Crippen molar-refractivity contribution in [3.8, 4) is 22.6 Å². The number of benzene rings is 4. The first-order chi connectivity index (χ1) is 25.1. The van der Waals surface area contributed by atoms with Crippen LogP contribution in [0.3, 0.4) is 0 Å². The summed E-state index contributed by atoms with van der Waals surface area (Å²) >= 11 is 0. The van der Waals surface area contributed by atoms with E-state index in [4.69, 9.17) is 28.1 Å². The number of hydrogen-bond donors (Lipinski definition) is 0. The molecule has 0 atom stereocenters. The van der Waals surface area contributed by atoms with Gasteiger partial charge in [0.15, 0.2) is 0 Å². The van der Waals surface area contributed by atoms with Crippen molar-refractivity contribution >= 4 is 25.2 Å². The third kappa shape index (κ3) is 6.54. The van der Waals surface area contributed by atoms with Crippen LogP contribution in [0.4, 0.5) is 0 Å². The van der Waals surface area contributed by atoms with E-state index in [1.807, 2.05) is 0 Å². The van der Waals surface area contributed by atoms with Crippen molar-refractivity contribution in [2.75, 3.05) is 13.2 Å². The molecule has 0 aromatic heterocycles. The van der Waals surface area contributed by atoms with Crippen LogP contribution < -0.4 is 20.4 Å². The second-order valence-electron chi connectivity index (χ2n) is 17.0. The van der Waals surface area contributed by atoms with E-state index < -0.39 is 42.1 Å². The zero-order valence-electron chi connectivity index (χ0n) is 33.4. The Kier molecular flexibility index (Phi) is 9.93. The van der Waals surface area contributed by atoms with E-state index in [0.29, 0.717) is 13.2 Å². The SMILES string of the molecule is CCCCOc1ccc(C2(c3ccc(OCCCC)cc3)c3cc(B4OC(C)(C)C(C)(C)O4)ccc3-c3ccc(B4OC(C)(C)C(C)(C)O4)cc32)cc1. The first kappa shape index (κ1) is 37.8.